The maximum absolute atomic E-state index is 12.8. The van der Waals surface area contributed by atoms with Crippen molar-refractivity contribution in [3.05, 3.63) is 99.5 Å². The molecule has 0 fully saturated rings. The molecule has 0 atom stereocenters. The largest absolute Gasteiger partial charge is 0.378 e. The summed E-state index contributed by atoms with van der Waals surface area (Å²) < 4.78 is 1.53. The van der Waals surface area contributed by atoms with E-state index in [0.717, 1.165) is 16.8 Å². The first-order valence-electron chi connectivity index (χ1n) is 10.5. The molecule has 2 aromatic carbocycles. The van der Waals surface area contributed by atoms with Crippen LogP contribution < -0.4 is 15.9 Å². The molecule has 0 bridgehead atoms. The van der Waals surface area contributed by atoms with Crippen molar-refractivity contribution in [2.24, 2.45) is 5.10 Å². The third kappa shape index (κ3) is 5.72. The van der Waals surface area contributed by atoms with Crippen molar-refractivity contribution in [3.63, 3.8) is 0 Å². The Morgan fingerprint density at radius 1 is 1.03 bits per heavy atom. The average molecular weight is 431 g/mol. The fraction of sp³-hybridized carbons (Fsp3) is 0.269. The third-order valence-electron chi connectivity index (χ3n) is 5.23. The Balaban J connectivity index is 1.69. The maximum atomic E-state index is 12.8. The van der Waals surface area contributed by atoms with Gasteiger partial charge >= 0.3 is 0 Å². The Kier molecular flexibility index (Phi) is 6.93. The molecular weight excluding hydrogens is 400 g/mol. The van der Waals surface area contributed by atoms with Crippen LogP contribution in [0, 0.1) is 0 Å². The Hall–Kier alpha value is -3.67. The zero-order valence-corrected chi connectivity index (χ0v) is 19.3. The van der Waals surface area contributed by atoms with Gasteiger partial charge in [0, 0.05) is 26.0 Å². The number of nitrogens with one attached hydrogen (secondary N) is 1. The van der Waals surface area contributed by atoms with Gasteiger partial charge in [0.2, 0.25) is 0 Å². The number of carbonyl (C=O) groups excluding carboxylic acids is 1. The monoisotopic (exact) mass is 430 g/mol. The number of hydrogen-bond donors (Lipinski definition) is 1. The third-order valence-corrected chi connectivity index (χ3v) is 5.23. The van der Waals surface area contributed by atoms with Crippen LogP contribution in [0.15, 0.2) is 76.8 Å². The predicted molar refractivity (Wildman–Crippen MR) is 131 cm³/mol. The smallest absolute Gasteiger partial charge is 0.276 e. The number of hydrazone groups is 1. The molecule has 0 aliphatic carbocycles. The molecule has 1 heterocycles. The van der Waals surface area contributed by atoms with Crippen molar-refractivity contribution >= 4 is 17.8 Å². The molecule has 6 heteroatoms. The lowest BCUT2D eigenvalue weighted by molar-refractivity contribution is 0.0953. The number of pyridine rings is 1. The standard InChI is InChI=1S/C26H30N4O2/c1-26(2,3)21-12-8-20(9-13-21)18-30-16-6-7-23(25(30)32)24(31)28-27-17-19-10-14-22(15-11-19)29(4)5/h6-17H,18H2,1-5H3,(H,28,31)/b27-17-. The molecule has 0 unspecified atom stereocenters. The van der Waals surface area contributed by atoms with Gasteiger partial charge in [-0.2, -0.15) is 5.10 Å². The van der Waals surface area contributed by atoms with Gasteiger partial charge in [0.05, 0.1) is 12.8 Å². The summed E-state index contributed by atoms with van der Waals surface area (Å²) >= 11 is 0. The second-order valence-corrected chi connectivity index (χ2v) is 8.99. The molecule has 166 valence electrons. The highest BCUT2D eigenvalue weighted by molar-refractivity contribution is 5.94. The molecular formula is C26H30N4O2. The fourth-order valence-electron chi connectivity index (χ4n) is 3.23. The minimum absolute atomic E-state index is 0.0546. The SMILES string of the molecule is CN(C)c1ccc(/C=N\NC(=O)c2cccn(Cc3ccc(C(C)(C)C)cc3)c2=O)cc1. The predicted octanol–water partition coefficient (Wildman–Crippen LogP) is 4.02. The van der Waals surface area contributed by atoms with Crippen molar-refractivity contribution in [1.29, 1.82) is 0 Å². The van der Waals surface area contributed by atoms with Crippen LogP contribution in [0.3, 0.4) is 0 Å². The highest BCUT2D eigenvalue weighted by Gasteiger charge is 2.14. The molecule has 0 spiro atoms. The molecule has 1 amide bonds. The molecule has 0 radical (unpaired) electrons. The second-order valence-electron chi connectivity index (χ2n) is 8.99. The number of amides is 1. The molecule has 6 nitrogen and oxygen atoms in total. The highest BCUT2D eigenvalue weighted by atomic mass is 16.2. The number of benzene rings is 2. The van der Waals surface area contributed by atoms with Gasteiger partial charge in [0.1, 0.15) is 5.56 Å². The number of anilines is 1. The Morgan fingerprint density at radius 2 is 1.69 bits per heavy atom. The molecule has 1 N–H and O–H groups in total. The molecule has 3 aromatic rings. The summed E-state index contributed by atoms with van der Waals surface area (Å²) in [5.74, 6) is -0.534. The lowest BCUT2D eigenvalue weighted by atomic mass is 9.87. The quantitative estimate of drug-likeness (QED) is 0.474. The van der Waals surface area contributed by atoms with Crippen LogP contribution in [-0.2, 0) is 12.0 Å². The van der Waals surface area contributed by atoms with Gasteiger partial charge in [-0.05, 0) is 46.4 Å². The van der Waals surface area contributed by atoms with Crippen molar-refractivity contribution in [3.8, 4) is 0 Å². The molecule has 3 rings (SSSR count). The van der Waals surface area contributed by atoms with Gasteiger partial charge in [0.15, 0.2) is 0 Å². The minimum atomic E-state index is -0.534. The van der Waals surface area contributed by atoms with Crippen LogP contribution >= 0.6 is 0 Å². The van der Waals surface area contributed by atoms with E-state index in [4.69, 9.17) is 0 Å². The fourth-order valence-corrected chi connectivity index (χ4v) is 3.23. The lowest BCUT2D eigenvalue weighted by Crippen LogP contribution is -2.30. The van der Waals surface area contributed by atoms with Crippen LogP contribution in [0.25, 0.3) is 0 Å². The summed E-state index contributed by atoms with van der Waals surface area (Å²) in [6.07, 6.45) is 3.24. The Labute approximate surface area is 189 Å². The second kappa shape index (κ2) is 9.64. The normalized spacial score (nSPS) is 11.5. The first kappa shape index (κ1) is 23.0. The van der Waals surface area contributed by atoms with E-state index in [1.165, 1.54) is 16.2 Å². The Bertz CT molecular complexity index is 1150. The van der Waals surface area contributed by atoms with E-state index in [1.807, 2.05) is 55.4 Å². The maximum Gasteiger partial charge on any atom is 0.276 e. The number of aromatic nitrogens is 1. The van der Waals surface area contributed by atoms with E-state index in [2.05, 4.69) is 43.4 Å². The van der Waals surface area contributed by atoms with Gasteiger partial charge in [-0.15, -0.1) is 0 Å². The zero-order valence-electron chi connectivity index (χ0n) is 19.3. The van der Waals surface area contributed by atoms with E-state index >= 15 is 0 Å². The molecule has 0 saturated carbocycles. The van der Waals surface area contributed by atoms with Crippen LogP contribution in [0.2, 0.25) is 0 Å². The van der Waals surface area contributed by atoms with Crippen LogP contribution in [0.1, 0.15) is 47.8 Å². The molecule has 1 aromatic heterocycles. The van der Waals surface area contributed by atoms with Crippen molar-refractivity contribution in [2.75, 3.05) is 19.0 Å². The molecule has 0 aliphatic heterocycles. The number of hydrogen-bond acceptors (Lipinski definition) is 4. The van der Waals surface area contributed by atoms with Crippen molar-refractivity contribution in [2.45, 2.75) is 32.7 Å². The zero-order chi connectivity index (χ0) is 23.3. The summed E-state index contributed by atoms with van der Waals surface area (Å²) in [5, 5.41) is 3.99. The van der Waals surface area contributed by atoms with Gasteiger partial charge < -0.3 is 9.47 Å². The molecule has 0 aliphatic rings. The van der Waals surface area contributed by atoms with E-state index < -0.39 is 5.91 Å². The Morgan fingerprint density at radius 3 is 2.28 bits per heavy atom. The topological polar surface area (TPSA) is 66.7 Å². The van der Waals surface area contributed by atoms with Gasteiger partial charge in [0.25, 0.3) is 11.5 Å². The van der Waals surface area contributed by atoms with E-state index in [1.54, 1.807) is 18.5 Å². The summed E-state index contributed by atoms with van der Waals surface area (Å²) in [6.45, 7) is 6.88. The van der Waals surface area contributed by atoms with Crippen LogP contribution in [0.5, 0.6) is 0 Å². The van der Waals surface area contributed by atoms with Gasteiger partial charge in [-0.25, -0.2) is 5.43 Å². The summed E-state index contributed by atoms with van der Waals surface area (Å²) in [6, 6.07) is 19.2. The van der Waals surface area contributed by atoms with Crippen LogP contribution in [-0.4, -0.2) is 30.8 Å². The highest BCUT2D eigenvalue weighted by Crippen LogP contribution is 2.22. The van der Waals surface area contributed by atoms with Crippen molar-refractivity contribution < 1.29 is 4.79 Å². The first-order valence-corrected chi connectivity index (χ1v) is 10.5. The number of rotatable bonds is 6. The van der Waals surface area contributed by atoms with Gasteiger partial charge in [-0.1, -0.05) is 57.2 Å². The summed E-state index contributed by atoms with van der Waals surface area (Å²) in [5.41, 5.74) is 6.37. The average Bonchev–Trinajstić information content (AvgIpc) is 2.75. The number of carbonyl (C=O) groups is 1. The lowest BCUT2D eigenvalue weighted by Gasteiger charge is -2.19. The summed E-state index contributed by atoms with van der Waals surface area (Å²) in [7, 11) is 3.94. The van der Waals surface area contributed by atoms with Crippen molar-refractivity contribution in [1.82, 2.24) is 9.99 Å². The summed E-state index contributed by atoms with van der Waals surface area (Å²) in [4.78, 5) is 27.3. The number of nitrogens with zero attached hydrogens (tertiary/aromatic N) is 3. The van der Waals surface area contributed by atoms with Crippen LogP contribution in [0.4, 0.5) is 5.69 Å². The minimum Gasteiger partial charge on any atom is -0.378 e. The molecule has 0 saturated heterocycles. The first-order chi connectivity index (χ1) is 15.1. The van der Waals surface area contributed by atoms with Gasteiger partial charge in [-0.3, -0.25) is 9.59 Å². The van der Waals surface area contributed by atoms with E-state index in [-0.39, 0.29) is 16.5 Å². The molecule has 32 heavy (non-hydrogen) atoms. The van der Waals surface area contributed by atoms with E-state index in [0.29, 0.717) is 6.54 Å². The van der Waals surface area contributed by atoms with E-state index in [9.17, 15) is 9.59 Å².